The van der Waals surface area contributed by atoms with Crippen LogP contribution in [-0.4, -0.2) is 27.0 Å². The van der Waals surface area contributed by atoms with Gasteiger partial charge in [-0.3, -0.25) is 14.5 Å². The number of thioether (sulfide) groups is 1. The fourth-order valence-electron chi connectivity index (χ4n) is 4.59. The smallest absolute Gasteiger partial charge is 0.296 e. The molecule has 0 saturated carbocycles. The summed E-state index contributed by atoms with van der Waals surface area (Å²) in [5, 5.41) is 20.7. The summed E-state index contributed by atoms with van der Waals surface area (Å²) >= 11 is 2.76. The number of hydrogen-bond acceptors (Lipinski definition) is 8. The number of hydrogen-bond donors (Lipinski definition) is 1. The lowest BCUT2D eigenvalue weighted by molar-refractivity contribution is -0.117. The van der Waals surface area contributed by atoms with Crippen LogP contribution in [0.15, 0.2) is 105 Å². The topological polar surface area (TPSA) is 96.5 Å². The molecule has 5 aromatic rings. The molecule has 6 rings (SSSR count). The number of carbonyl (C=O) groups is 2. The van der Waals surface area contributed by atoms with Crippen molar-refractivity contribution in [1.29, 1.82) is 0 Å². The number of fused-ring (bicyclic) bond motifs is 1. The zero-order chi connectivity index (χ0) is 26.9. The van der Waals surface area contributed by atoms with Gasteiger partial charge in [0.1, 0.15) is 5.58 Å². The first-order valence-corrected chi connectivity index (χ1v) is 14.2. The average Bonchev–Trinajstić information content (AvgIpc) is 3.69. The maximum absolute atomic E-state index is 13.8. The van der Waals surface area contributed by atoms with Gasteiger partial charge in [-0.1, -0.05) is 103 Å². The summed E-state index contributed by atoms with van der Waals surface area (Å²) in [5.41, 5.74) is 3.44. The third-order valence-corrected chi connectivity index (χ3v) is 8.74. The van der Waals surface area contributed by atoms with Crippen LogP contribution in [0.25, 0.3) is 11.0 Å². The average molecular weight is 554 g/mol. The van der Waals surface area contributed by atoms with Crippen LogP contribution in [0.2, 0.25) is 0 Å². The minimum absolute atomic E-state index is 0.0445. The van der Waals surface area contributed by atoms with Gasteiger partial charge in [-0.25, -0.2) is 0 Å². The summed E-state index contributed by atoms with van der Waals surface area (Å²) in [7, 11) is 0. The number of aromatic nitrogens is 2. The number of aliphatic hydroxyl groups excluding tert-OH is 1. The number of aliphatic hydroxyl groups is 1. The Kier molecular flexibility index (Phi) is 6.76. The Morgan fingerprint density at radius 2 is 1.74 bits per heavy atom. The highest BCUT2D eigenvalue weighted by molar-refractivity contribution is 8.00. The second kappa shape index (κ2) is 10.5. The molecule has 9 heteroatoms. The maximum Gasteiger partial charge on any atom is 0.296 e. The quantitative estimate of drug-likeness (QED) is 0.127. The molecule has 0 unspecified atom stereocenters. The summed E-state index contributed by atoms with van der Waals surface area (Å²) < 4.78 is 6.49. The first kappa shape index (κ1) is 25.1. The molecule has 0 aliphatic carbocycles. The maximum atomic E-state index is 13.8. The molecule has 0 bridgehead atoms. The SMILES string of the molecule is CCc1ccc([C@H]2C(C(=O)c3cc4ccccc4o3)=C(O)C(=O)N2c2nnc(SCc3ccccc3)s2)cc1. The van der Waals surface area contributed by atoms with Crippen LogP contribution in [0.4, 0.5) is 5.13 Å². The van der Waals surface area contributed by atoms with Crippen LogP contribution >= 0.6 is 23.1 Å². The van der Waals surface area contributed by atoms with Gasteiger partial charge >= 0.3 is 0 Å². The van der Waals surface area contributed by atoms with Crippen molar-refractivity contribution in [1.82, 2.24) is 10.2 Å². The number of rotatable bonds is 8. The molecular formula is C30H23N3O4S2. The number of anilines is 1. The van der Waals surface area contributed by atoms with Gasteiger partial charge in [0.25, 0.3) is 5.91 Å². The molecular weight excluding hydrogens is 530 g/mol. The van der Waals surface area contributed by atoms with Crippen LogP contribution in [0.3, 0.4) is 0 Å². The lowest BCUT2D eigenvalue weighted by atomic mass is 9.94. The summed E-state index contributed by atoms with van der Waals surface area (Å²) in [5.74, 6) is -1.11. The highest BCUT2D eigenvalue weighted by atomic mass is 32.2. The second-order valence-corrected chi connectivity index (χ2v) is 11.2. The number of benzene rings is 3. The summed E-state index contributed by atoms with van der Waals surface area (Å²) in [4.78, 5) is 28.6. The number of furan rings is 1. The molecule has 0 radical (unpaired) electrons. The van der Waals surface area contributed by atoms with Crippen LogP contribution in [-0.2, 0) is 17.0 Å². The van der Waals surface area contributed by atoms with Crippen LogP contribution in [0.1, 0.15) is 40.2 Å². The molecule has 0 saturated heterocycles. The molecule has 3 aromatic carbocycles. The fraction of sp³-hybridized carbons (Fsp3) is 0.133. The molecule has 2 aromatic heterocycles. The number of amides is 1. The summed E-state index contributed by atoms with van der Waals surface area (Å²) in [6.07, 6.45) is 0.845. The highest BCUT2D eigenvalue weighted by Gasteiger charge is 2.46. The van der Waals surface area contributed by atoms with Crippen molar-refractivity contribution in [3.63, 3.8) is 0 Å². The Morgan fingerprint density at radius 3 is 2.49 bits per heavy atom. The van der Waals surface area contributed by atoms with E-state index in [1.807, 2.05) is 72.8 Å². The second-order valence-electron chi connectivity index (χ2n) is 9.04. The number of nitrogens with zero attached hydrogens (tertiary/aromatic N) is 3. The molecule has 1 atom stereocenters. The van der Waals surface area contributed by atoms with Gasteiger partial charge < -0.3 is 9.52 Å². The summed E-state index contributed by atoms with van der Waals surface area (Å²) in [6.45, 7) is 2.05. The molecule has 1 N–H and O–H groups in total. The Balaban J connectivity index is 1.37. The van der Waals surface area contributed by atoms with E-state index in [9.17, 15) is 14.7 Å². The minimum atomic E-state index is -0.885. The largest absolute Gasteiger partial charge is 0.503 e. The van der Waals surface area contributed by atoms with Crippen molar-refractivity contribution in [2.75, 3.05) is 4.90 Å². The van der Waals surface area contributed by atoms with Crippen molar-refractivity contribution in [2.24, 2.45) is 0 Å². The predicted molar refractivity (Wildman–Crippen MR) is 152 cm³/mol. The van der Waals surface area contributed by atoms with E-state index in [1.54, 1.807) is 12.1 Å². The van der Waals surface area contributed by atoms with Crippen molar-refractivity contribution in [3.05, 3.63) is 119 Å². The lowest BCUT2D eigenvalue weighted by Crippen LogP contribution is -2.31. The van der Waals surface area contributed by atoms with Gasteiger partial charge in [-0.05, 0) is 35.2 Å². The first-order chi connectivity index (χ1) is 19.0. The molecule has 0 spiro atoms. The number of para-hydroxylation sites is 1. The molecule has 7 nitrogen and oxygen atoms in total. The third-order valence-electron chi connectivity index (χ3n) is 6.61. The van der Waals surface area contributed by atoms with E-state index in [2.05, 4.69) is 17.1 Å². The van der Waals surface area contributed by atoms with Crippen molar-refractivity contribution in [3.8, 4) is 0 Å². The van der Waals surface area contributed by atoms with Crippen LogP contribution < -0.4 is 4.90 Å². The molecule has 1 aliphatic heterocycles. The van der Waals surface area contributed by atoms with Crippen LogP contribution in [0.5, 0.6) is 0 Å². The van der Waals surface area contributed by atoms with E-state index < -0.39 is 23.5 Å². The standard InChI is InChI=1S/C30H23N3O4S2/c1-2-18-12-14-20(15-13-18)25-24(26(34)23-16-21-10-6-7-11-22(21)37-23)27(35)28(36)33(25)29-31-32-30(39-29)38-17-19-8-4-3-5-9-19/h3-16,25,35H,2,17H2,1H3/t25-/m0/s1. The number of carbonyl (C=O) groups excluding carboxylic acids is 2. The number of ketones is 1. The fourth-order valence-corrected chi connectivity index (χ4v) is 6.41. The number of Topliss-reactive ketones (excluding diaryl/α,β-unsaturated/α-hetero) is 1. The zero-order valence-electron chi connectivity index (χ0n) is 20.9. The highest BCUT2D eigenvalue weighted by Crippen LogP contribution is 2.44. The molecule has 1 aliphatic rings. The van der Waals surface area contributed by atoms with E-state index in [1.165, 1.54) is 28.0 Å². The van der Waals surface area contributed by atoms with E-state index in [0.29, 0.717) is 26.4 Å². The normalized spacial score (nSPS) is 15.5. The van der Waals surface area contributed by atoms with E-state index in [4.69, 9.17) is 4.42 Å². The lowest BCUT2D eigenvalue weighted by Gasteiger charge is -2.24. The summed E-state index contributed by atoms with van der Waals surface area (Å²) in [6, 6.07) is 25.7. The zero-order valence-corrected chi connectivity index (χ0v) is 22.5. The predicted octanol–water partition coefficient (Wildman–Crippen LogP) is 6.92. The van der Waals surface area contributed by atoms with E-state index in [-0.39, 0.29) is 11.3 Å². The van der Waals surface area contributed by atoms with Crippen LogP contribution in [0, 0.1) is 0 Å². The van der Waals surface area contributed by atoms with Gasteiger partial charge in [-0.15, -0.1) is 10.2 Å². The molecule has 3 heterocycles. The first-order valence-electron chi connectivity index (χ1n) is 12.4. The number of aryl methyl sites for hydroxylation is 1. The molecule has 194 valence electrons. The molecule has 39 heavy (non-hydrogen) atoms. The van der Waals surface area contributed by atoms with Gasteiger partial charge in [0.2, 0.25) is 10.9 Å². The van der Waals surface area contributed by atoms with Gasteiger partial charge in [0, 0.05) is 11.1 Å². The minimum Gasteiger partial charge on any atom is -0.503 e. The Labute approximate surface area is 232 Å². The van der Waals surface area contributed by atoms with Gasteiger partial charge in [0.05, 0.1) is 11.6 Å². The van der Waals surface area contributed by atoms with E-state index >= 15 is 0 Å². The van der Waals surface area contributed by atoms with Crippen molar-refractivity contribution < 1.29 is 19.1 Å². The van der Waals surface area contributed by atoms with Crippen molar-refractivity contribution >= 4 is 50.9 Å². The Hall–Kier alpha value is -4.21. The Morgan fingerprint density at radius 1 is 1.00 bits per heavy atom. The van der Waals surface area contributed by atoms with Gasteiger partial charge in [-0.2, -0.15) is 0 Å². The monoisotopic (exact) mass is 553 g/mol. The van der Waals surface area contributed by atoms with Crippen molar-refractivity contribution in [2.45, 2.75) is 29.5 Å². The third kappa shape index (κ3) is 4.75. The molecule has 0 fully saturated rings. The Bertz CT molecular complexity index is 1670. The molecule has 1 amide bonds. The van der Waals surface area contributed by atoms with Gasteiger partial charge in [0.15, 0.2) is 15.9 Å². The van der Waals surface area contributed by atoms with E-state index in [0.717, 1.165) is 22.9 Å².